The molecule has 3 nitrogen and oxygen atoms in total. The number of likely N-dealkylation sites (tertiary alicyclic amines) is 1. The molecule has 0 atom stereocenters. The van der Waals surface area contributed by atoms with Crippen molar-refractivity contribution in [2.24, 2.45) is 0 Å². The average molecular weight is 270 g/mol. The third kappa shape index (κ3) is 3.10. The highest BCUT2D eigenvalue weighted by atomic mass is 16.2. The number of hydrogen-bond acceptors (Lipinski definition) is 2. The van der Waals surface area contributed by atoms with Crippen LogP contribution in [-0.4, -0.2) is 41.9 Å². The molecule has 0 radical (unpaired) electrons. The van der Waals surface area contributed by atoms with Crippen LogP contribution in [0.5, 0.6) is 0 Å². The molecule has 3 heteroatoms. The molecular weight excluding hydrogens is 248 g/mol. The standard InChI is InChI=1S/C17H22N2O/c20-17(19-10-4-5-11-19)16-8-12-18(13-9-16)14-15-6-2-1-3-7-15/h1-3,6-8H,4-5,9-14H2. The van der Waals surface area contributed by atoms with Gasteiger partial charge in [-0.2, -0.15) is 0 Å². The summed E-state index contributed by atoms with van der Waals surface area (Å²) >= 11 is 0. The summed E-state index contributed by atoms with van der Waals surface area (Å²) in [4.78, 5) is 16.7. The van der Waals surface area contributed by atoms with Crippen LogP contribution in [0.3, 0.4) is 0 Å². The molecule has 0 aliphatic carbocycles. The van der Waals surface area contributed by atoms with Gasteiger partial charge in [0.25, 0.3) is 0 Å². The second-order valence-corrected chi connectivity index (χ2v) is 5.70. The fourth-order valence-electron chi connectivity index (χ4n) is 3.01. The molecule has 0 bridgehead atoms. The van der Waals surface area contributed by atoms with E-state index in [1.807, 2.05) is 11.0 Å². The number of benzene rings is 1. The molecule has 20 heavy (non-hydrogen) atoms. The summed E-state index contributed by atoms with van der Waals surface area (Å²) in [6.07, 6.45) is 5.35. The van der Waals surface area contributed by atoms with Crippen LogP contribution >= 0.6 is 0 Å². The lowest BCUT2D eigenvalue weighted by Gasteiger charge is -2.27. The summed E-state index contributed by atoms with van der Waals surface area (Å²) in [6.45, 7) is 4.75. The maximum absolute atomic E-state index is 12.3. The lowest BCUT2D eigenvalue weighted by molar-refractivity contribution is -0.126. The van der Waals surface area contributed by atoms with Crippen molar-refractivity contribution in [1.82, 2.24) is 9.80 Å². The van der Waals surface area contributed by atoms with Gasteiger partial charge in [0.1, 0.15) is 0 Å². The quantitative estimate of drug-likeness (QED) is 0.842. The predicted octanol–water partition coefficient (Wildman–Crippen LogP) is 2.44. The highest BCUT2D eigenvalue weighted by Crippen LogP contribution is 2.18. The molecule has 0 unspecified atom stereocenters. The van der Waals surface area contributed by atoms with Crippen LogP contribution in [0.2, 0.25) is 0 Å². The van der Waals surface area contributed by atoms with E-state index in [1.54, 1.807) is 0 Å². The molecule has 2 aliphatic rings. The van der Waals surface area contributed by atoms with Crippen LogP contribution in [-0.2, 0) is 11.3 Å². The minimum atomic E-state index is 0.280. The van der Waals surface area contributed by atoms with Crippen molar-refractivity contribution in [2.75, 3.05) is 26.2 Å². The van der Waals surface area contributed by atoms with Gasteiger partial charge in [-0.25, -0.2) is 0 Å². The molecule has 1 aromatic carbocycles. The number of carbonyl (C=O) groups excluding carboxylic acids is 1. The van der Waals surface area contributed by atoms with Crippen LogP contribution in [0.15, 0.2) is 42.0 Å². The highest BCUT2D eigenvalue weighted by Gasteiger charge is 2.23. The minimum absolute atomic E-state index is 0.280. The van der Waals surface area contributed by atoms with Crippen molar-refractivity contribution in [1.29, 1.82) is 0 Å². The maximum Gasteiger partial charge on any atom is 0.249 e. The van der Waals surface area contributed by atoms with E-state index in [2.05, 4.69) is 35.2 Å². The Hall–Kier alpha value is -1.61. The summed E-state index contributed by atoms with van der Waals surface area (Å²) < 4.78 is 0. The van der Waals surface area contributed by atoms with Crippen molar-refractivity contribution in [3.05, 3.63) is 47.5 Å². The number of carbonyl (C=O) groups is 1. The van der Waals surface area contributed by atoms with Gasteiger partial charge in [0.2, 0.25) is 5.91 Å². The van der Waals surface area contributed by atoms with E-state index < -0.39 is 0 Å². The summed E-state index contributed by atoms with van der Waals surface area (Å²) in [7, 11) is 0. The van der Waals surface area contributed by atoms with Gasteiger partial charge in [0.15, 0.2) is 0 Å². The van der Waals surface area contributed by atoms with E-state index in [1.165, 1.54) is 18.4 Å². The number of nitrogens with zero attached hydrogens (tertiary/aromatic N) is 2. The zero-order valence-corrected chi connectivity index (χ0v) is 11.9. The van der Waals surface area contributed by atoms with Crippen molar-refractivity contribution in [3.63, 3.8) is 0 Å². The van der Waals surface area contributed by atoms with Gasteiger partial charge in [-0.1, -0.05) is 36.4 Å². The predicted molar refractivity (Wildman–Crippen MR) is 80.2 cm³/mol. The summed E-state index contributed by atoms with van der Waals surface area (Å²) in [5.41, 5.74) is 2.37. The van der Waals surface area contributed by atoms with Gasteiger partial charge in [-0.15, -0.1) is 0 Å². The van der Waals surface area contributed by atoms with Crippen LogP contribution < -0.4 is 0 Å². The van der Waals surface area contributed by atoms with Gasteiger partial charge < -0.3 is 4.90 Å². The summed E-state index contributed by atoms with van der Waals surface area (Å²) in [6, 6.07) is 10.5. The molecule has 3 rings (SSSR count). The molecule has 0 spiro atoms. The fourth-order valence-corrected chi connectivity index (χ4v) is 3.01. The van der Waals surface area contributed by atoms with E-state index >= 15 is 0 Å². The summed E-state index contributed by atoms with van der Waals surface area (Å²) in [5, 5.41) is 0. The van der Waals surface area contributed by atoms with Crippen molar-refractivity contribution in [3.8, 4) is 0 Å². The highest BCUT2D eigenvalue weighted by molar-refractivity contribution is 5.93. The first-order chi connectivity index (χ1) is 9.83. The monoisotopic (exact) mass is 270 g/mol. The van der Waals surface area contributed by atoms with E-state index in [9.17, 15) is 4.79 Å². The molecule has 1 saturated heterocycles. The largest absolute Gasteiger partial charge is 0.339 e. The van der Waals surface area contributed by atoms with E-state index in [0.29, 0.717) is 0 Å². The molecule has 106 valence electrons. The first kappa shape index (κ1) is 13.4. The van der Waals surface area contributed by atoms with E-state index in [4.69, 9.17) is 0 Å². The van der Waals surface area contributed by atoms with Crippen molar-refractivity contribution < 1.29 is 4.79 Å². The molecular formula is C17H22N2O. The Morgan fingerprint density at radius 1 is 1.05 bits per heavy atom. The molecule has 1 amide bonds. The lowest BCUT2D eigenvalue weighted by Crippen LogP contribution is -2.35. The molecule has 0 N–H and O–H groups in total. The van der Waals surface area contributed by atoms with Crippen LogP contribution in [0, 0.1) is 0 Å². The third-order valence-electron chi connectivity index (χ3n) is 4.21. The lowest BCUT2D eigenvalue weighted by atomic mass is 10.1. The Kier molecular flexibility index (Phi) is 4.16. The van der Waals surface area contributed by atoms with Gasteiger partial charge in [0, 0.05) is 38.3 Å². The molecule has 0 aromatic heterocycles. The van der Waals surface area contributed by atoms with Crippen LogP contribution in [0.4, 0.5) is 0 Å². The topological polar surface area (TPSA) is 23.6 Å². The van der Waals surface area contributed by atoms with Gasteiger partial charge in [-0.05, 0) is 24.8 Å². The first-order valence-electron chi connectivity index (χ1n) is 7.57. The van der Waals surface area contributed by atoms with E-state index in [0.717, 1.165) is 44.7 Å². The zero-order chi connectivity index (χ0) is 13.8. The number of rotatable bonds is 3. The smallest absolute Gasteiger partial charge is 0.249 e. The first-order valence-corrected chi connectivity index (χ1v) is 7.57. The minimum Gasteiger partial charge on any atom is -0.339 e. The Morgan fingerprint density at radius 3 is 2.45 bits per heavy atom. The van der Waals surface area contributed by atoms with Gasteiger partial charge in [-0.3, -0.25) is 9.69 Å². The zero-order valence-electron chi connectivity index (χ0n) is 11.9. The van der Waals surface area contributed by atoms with Crippen molar-refractivity contribution in [2.45, 2.75) is 25.8 Å². The molecule has 1 aromatic rings. The third-order valence-corrected chi connectivity index (χ3v) is 4.21. The van der Waals surface area contributed by atoms with E-state index in [-0.39, 0.29) is 5.91 Å². The molecule has 0 saturated carbocycles. The normalized spacial score (nSPS) is 20.0. The van der Waals surface area contributed by atoms with Crippen LogP contribution in [0.25, 0.3) is 0 Å². The maximum atomic E-state index is 12.3. The van der Waals surface area contributed by atoms with Crippen molar-refractivity contribution >= 4 is 5.91 Å². The molecule has 2 aliphatic heterocycles. The fraction of sp³-hybridized carbons (Fsp3) is 0.471. The second-order valence-electron chi connectivity index (χ2n) is 5.70. The Morgan fingerprint density at radius 2 is 1.80 bits per heavy atom. The average Bonchev–Trinajstić information content (AvgIpc) is 3.03. The van der Waals surface area contributed by atoms with Crippen LogP contribution in [0.1, 0.15) is 24.8 Å². The Balaban J connectivity index is 1.56. The van der Waals surface area contributed by atoms with Gasteiger partial charge >= 0.3 is 0 Å². The SMILES string of the molecule is O=C(C1=CCN(Cc2ccccc2)CC1)N1CCCC1. The molecule has 2 heterocycles. The van der Waals surface area contributed by atoms with Gasteiger partial charge in [0.05, 0.1) is 0 Å². The molecule has 1 fully saturated rings. The summed E-state index contributed by atoms with van der Waals surface area (Å²) in [5.74, 6) is 0.280. The Labute approximate surface area is 120 Å². The second kappa shape index (κ2) is 6.23. The number of hydrogen-bond donors (Lipinski definition) is 0. The Bertz CT molecular complexity index is 489. The number of amides is 1.